The zero-order chi connectivity index (χ0) is 24.7. The second kappa shape index (κ2) is 9.41. The number of fused-ring (bicyclic) bond motifs is 1. The van der Waals surface area contributed by atoms with Gasteiger partial charge >= 0.3 is 6.61 Å². The Kier molecular flexibility index (Phi) is 6.46. The van der Waals surface area contributed by atoms with Crippen molar-refractivity contribution in [3.8, 4) is 16.9 Å². The van der Waals surface area contributed by atoms with E-state index in [4.69, 9.17) is 23.2 Å². The number of sulfone groups is 1. The minimum absolute atomic E-state index is 0.0434. The first-order valence-corrected chi connectivity index (χ1v) is 13.3. The van der Waals surface area contributed by atoms with Gasteiger partial charge < -0.3 is 9.72 Å². The third-order valence-electron chi connectivity index (χ3n) is 5.90. The number of imidazole rings is 1. The quantitative estimate of drug-likeness (QED) is 0.265. The molecular weight excluding hydrogens is 517 g/mol. The van der Waals surface area contributed by atoms with Crippen LogP contribution in [0.3, 0.4) is 0 Å². The van der Waals surface area contributed by atoms with Crippen LogP contribution in [-0.2, 0) is 16.3 Å². The zero-order valence-corrected chi connectivity index (χ0v) is 20.6. The van der Waals surface area contributed by atoms with Crippen molar-refractivity contribution in [3.05, 3.63) is 76.0 Å². The molecule has 1 N–H and O–H groups in total. The number of aromatic nitrogens is 2. The van der Waals surface area contributed by atoms with Crippen molar-refractivity contribution in [2.45, 2.75) is 30.8 Å². The predicted molar refractivity (Wildman–Crippen MR) is 132 cm³/mol. The highest BCUT2D eigenvalue weighted by Gasteiger charge is 2.29. The third-order valence-corrected chi connectivity index (χ3v) is 8.46. The number of rotatable bonds is 8. The van der Waals surface area contributed by atoms with Crippen LogP contribution >= 0.6 is 23.2 Å². The molecule has 1 heterocycles. The topological polar surface area (TPSA) is 72.1 Å². The molecule has 1 aliphatic rings. The smallest absolute Gasteiger partial charge is 0.387 e. The summed E-state index contributed by atoms with van der Waals surface area (Å²) in [7, 11) is -3.27. The maximum Gasteiger partial charge on any atom is 0.387 e. The van der Waals surface area contributed by atoms with Crippen LogP contribution in [0.5, 0.6) is 5.75 Å². The van der Waals surface area contributed by atoms with Crippen LogP contribution in [0.2, 0.25) is 10.0 Å². The summed E-state index contributed by atoms with van der Waals surface area (Å²) < 4.78 is 55.4. The summed E-state index contributed by atoms with van der Waals surface area (Å²) in [5, 5.41) is 0.468. The first kappa shape index (κ1) is 24.0. The van der Waals surface area contributed by atoms with E-state index in [1.165, 1.54) is 6.07 Å². The zero-order valence-electron chi connectivity index (χ0n) is 18.3. The highest BCUT2D eigenvalue weighted by Crippen LogP contribution is 2.43. The lowest BCUT2D eigenvalue weighted by Crippen LogP contribution is -2.08. The number of para-hydroxylation sites is 1. The second-order valence-electron chi connectivity index (χ2n) is 8.55. The summed E-state index contributed by atoms with van der Waals surface area (Å²) in [4.78, 5) is 8.09. The van der Waals surface area contributed by atoms with Crippen molar-refractivity contribution in [1.82, 2.24) is 9.97 Å². The number of hydrogen-bond acceptors (Lipinski definition) is 4. The van der Waals surface area contributed by atoms with Crippen molar-refractivity contribution in [2.75, 3.05) is 5.75 Å². The van der Waals surface area contributed by atoms with E-state index in [2.05, 4.69) is 14.7 Å². The number of aromatic amines is 1. The van der Waals surface area contributed by atoms with Crippen molar-refractivity contribution in [3.63, 3.8) is 0 Å². The Morgan fingerprint density at radius 1 is 1.09 bits per heavy atom. The van der Waals surface area contributed by atoms with Gasteiger partial charge in [-0.25, -0.2) is 13.4 Å². The number of alkyl halides is 2. The van der Waals surface area contributed by atoms with Crippen LogP contribution in [0.4, 0.5) is 8.78 Å². The van der Waals surface area contributed by atoms with Crippen molar-refractivity contribution in [1.29, 1.82) is 0 Å². The van der Waals surface area contributed by atoms with Gasteiger partial charge in [-0.2, -0.15) is 8.78 Å². The molecule has 1 aromatic heterocycles. The molecule has 35 heavy (non-hydrogen) atoms. The van der Waals surface area contributed by atoms with Crippen molar-refractivity contribution < 1.29 is 21.9 Å². The van der Waals surface area contributed by atoms with Gasteiger partial charge in [0.15, 0.2) is 9.84 Å². The normalized spacial score (nSPS) is 14.1. The number of halogens is 4. The largest absolute Gasteiger partial charge is 0.434 e. The Labute approximate surface area is 211 Å². The van der Waals surface area contributed by atoms with Gasteiger partial charge in [-0.05, 0) is 48.6 Å². The number of nitrogens with zero attached hydrogens (tertiary/aromatic N) is 1. The van der Waals surface area contributed by atoms with Gasteiger partial charge in [0.2, 0.25) is 0 Å². The summed E-state index contributed by atoms with van der Waals surface area (Å²) in [5.74, 6) is 1.03. The lowest BCUT2D eigenvalue weighted by Gasteiger charge is -2.13. The van der Waals surface area contributed by atoms with Gasteiger partial charge in [-0.15, -0.1) is 0 Å². The summed E-state index contributed by atoms with van der Waals surface area (Å²) >= 11 is 13.1. The van der Waals surface area contributed by atoms with E-state index in [1.54, 1.807) is 48.5 Å². The molecule has 0 saturated heterocycles. The molecule has 0 unspecified atom stereocenters. The van der Waals surface area contributed by atoms with Gasteiger partial charge in [0.05, 0.1) is 26.2 Å². The molecule has 0 spiro atoms. The SMILES string of the molecule is O=S(=O)(CC1CC1)c1ccc(Cc2nc3c(Cl)c(-c4ccccc4OC(F)F)c(Cl)cc3[nH]2)cc1. The average molecular weight is 537 g/mol. The fourth-order valence-corrected chi connectivity index (χ4v) is 6.43. The van der Waals surface area contributed by atoms with Gasteiger partial charge in [-0.3, -0.25) is 0 Å². The number of ether oxygens (including phenoxy) is 1. The maximum absolute atomic E-state index is 12.9. The monoisotopic (exact) mass is 536 g/mol. The van der Waals surface area contributed by atoms with E-state index in [9.17, 15) is 17.2 Å². The van der Waals surface area contributed by atoms with Crippen LogP contribution in [0.1, 0.15) is 24.2 Å². The van der Waals surface area contributed by atoms with E-state index in [0.717, 1.165) is 18.4 Å². The van der Waals surface area contributed by atoms with Gasteiger partial charge in [0.25, 0.3) is 0 Å². The molecule has 5 rings (SSSR count). The Hall–Kier alpha value is -2.68. The Bertz CT molecular complexity index is 1500. The molecular formula is C25H20Cl2F2N2O3S. The van der Waals surface area contributed by atoms with Crippen LogP contribution < -0.4 is 4.74 Å². The lowest BCUT2D eigenvalue weighted by atomic mass is 10.0. The molecule has 1 fully saturated rings. The van der Waals surface area contributed by atoms with E-state index < -0.39 is 16.4 Å². The predicted octanol–water partition coefficient (Wildman–Crippen LogP) is 6.91. The van der Waals surface area contributed by atoms with Crippen molar-refractivity contribution >= 4 is 44.1 Å². The van der Waals surface area contributed by atoms with E-state index in [-0.39, 0.29) is 27.5 Å². The molecule has 0 radical (unpaired) electrons. The third kappa shape index (κ3) is 5.15. The van der Waals surface area contributed by atoms with E-state index >= 15 is 0 Å². The Balaban J connectivity index is 1.44. The first-order chi connectivity index (χ1) is 16.7. The lowest BCUT2D eigenvalue weighted by molar-refractivity contribution is -0.0494. The van der Waals surface area contributed by atoms with Gasteiger partial charge in [-0.1, -0.05) is 53.5 Å². The molecule has 5 nitrogen and oxygen atoms in total. The molecule has 10 heteroatoms. The van der Waals surface area contributed by atoms with Crippen LogP contribution in [0.25, 0.3) is 22.2 Å². The van der Waals surface area contributed by atoms with Crippen LogP contribution in [0.15, 0.2) is 59.5 Å². The molecule has 0 bridgehead atoms. The van der Waals surface area contributed by atoms with Crippen LogP contribution in [-0.4, -0.2) is 30.8 Å². The number of nitrogens with one attached hydrogen (secondary N) is 1. The molecule has 0 amide bonds. The number of benzene rings is 3. The number of H-pyrrole nitrogens is 1. The Morgan fingerprint density at radius 3 is 2.49 bits per heavy atom. The molecule has 3 aromatic carbocycles. The summed E-state index contributed by atoms with van der Waals surface area (Å²) in [6, 6.07) is 14.7. The van der Waals surface area contributed by atoms with Crippen molar-refractivity contribution in [2.24, 2.45) is 5.92 Å². The summed E-state index contributed by atoms with van der Waals surface area (Å²) in [6.45, 7) is -3.00. The molecule has 4 aromatic rings. The number of hydrogen-bond donors (Lipinski definition) is 1. The fraction of sp³-hybridized carbons (Fsp3) is 0.240. The molecule has 1 saturated carbocycles. The average Bonchev–Trinajstić information content (AvgIpc) is 3.51. The molecule has 0 aliphatic heterocycles. The first-order valence-electron chi connectivity index (χ1n) is 10.9. The minimum Gasteiger partial charge on any atom is -0.434 e. The fourth-order valence-electron chi connectivity index (χ4n) is 4.03. The second-order valence-corrected chi connectivity index (χ2v) is 11.4. The van der Waals surface area contributed by atoms with E-state index in [0.29, 0.717) is 39.3 Å². The summed E-state index contributed by atoms with van der Waals surface area (Å²) in [6.07, 6.45) is 2.36. The highest BCUT2D eigenvalue weighted by atomic mass is 35.5. The van der Waals surface area contributed by atoms with Gasteiger partial charge in [0.1, 0.15) is 17.1 Å². The highest BCUT2D eigenvalue weighted by molar-refractivity contribution is 7.91. The van der Waals surface area contributed by atoms with E-state index in [1.807, 2.05) is 0 Å². The minimum atomic E-state index is -3.27. The summed E-state index contributed by atoms with van der Waals surface area (Å²) in [5.41, 5.74) is 2.58. The molecule has 1 aliphatic carbocycles. The molecule has 0 atom stereocenters. The Morgan fingerprint density at radius 2 is 1.80 bits per heavy atom. The van der Waals surface area contributed by atoms with Crippen LogP contribution in [0, 0.1) is 5.92 Å². The maximum atomic E-state index is 12.9. The van der Waals surface area contributed by atoms with Gasteiger partial charge in [0, 0.05) is 17.5 Å². The standard InChI is InChI=1S/C25H20Cl2F2N2O3S/c26-18-12-19-24(23(27)22(18)17-3-1-2-4-20(17)34-25(28)29)31-21(30-19)11-14-7-9-16(10-8-14)35(32,33)13-15-5-6-15/h1-4,7-10,12,15,25H,5-6,11,13H2,(H,30,31). The molecule has 182 valence electrons.